The highest BCUT2D eigenvalue weighted by molar-refractivity contribution is 5.93. The summed E-state index contributed by atoms with van der Waals surface area (Å²) in [4.78, 5) is 35.8. The van der Waals surface area contributed by atoms with E-state index in [0.717, 1.165) is 112 Å². The maximum absolute atomic E-state index is 12.2. The molecule has 306 valence electrons. The summed E-state index contributed by atoms with van der Waals surface area (Å²) in [5.41, 5.74) is 6.51. The zero-order valence-electron chi connectivity index (χ0n) is 34.2. The Balaban J connectivity index is 1.09. The molecule has 1 saturated carbocycles. The van der Waals surface area contributed by atoms with Crippen LogP contribution in [0.4, 0.5) is 0 Å². The van der Waals surface area contributed by atoms with E-state index in [1.54, 1.807) is 6.92 Å². The van der Waals surface area contributed by atoms with Gasteiger partial charge in [0.25, 0.3) is 0 Å². The number of carbonyl (C=O) groups is 3. The molecular weight excluding hydrogens is 717 g/mol. The van der Waals surface area contributed by atoms with Gasteiger partial charge in [-0.15, -0.1) is 0 Å². The molecule has 3 aromatic rings. The molecule has 0 N–H and O–H groups in total. The van der Waals surface area contributed by atoms with Gasteiger partial charge < -0.3 is 23.7 Å². The molecule has 4 rings (SSSR count). The molecule has 0 unspecified atom stereocenters. The van der Waals surface area contributed by atoms with Gasteiger partial charge in [-0.2, -0.15) is 0 Å². The molecule has 0 spiro atoms. The molecule has 0 aromatic heterocycles. The number of esters is 3. The molecule has 57 heavy (non-hydrogen) atoms. The molecule has 1 fully saturated rings. The predicted octanol–water partition coefficient (Wildman–Crippen LogP) is 11.4. The van der Waals surface area contributed by atoms with E-state index in [0.29, 0.717) is 32.0 Å². The molecule has 0 bridgehead atoms. The number of unbranched alkanes of at least 4 members (excludes halogenated alkanes) is 6. The number of hydrogen-bond donors (Lipinski definition) is 0. The van der Waals surface area contributed by atoms with Crippen molar-refractivity contribution in [3.63, 3.8) is 0 Å². The van der Waals surface area contributed by atoms with E-state index in [2.05, 4.69) is 74.7 Å². The maximum atomic E-state index is 12.2. The van der Waals surface area contributed by atoms with E-state index in [4.69, 9.17) is 23.7 Å². The van der Waals surface area contributed by atoms with Gasteiger partial charge in [0.2, 0.25) is 0 Å². The summed E-state index contributed by atoms with van der Waals surface area (Å²) in [6.45, 7) is 13.2. The average molecular weight is 779 g/mol. The third-order valence-electron chi connectivity index (χ3n) is 9.95. The molecule has 0 saturated heterocycles. The lowest BCUT2D eigenvalue weighted by Gasteiger charge is -2.21. The second-order valence-corrected chi connectivity index (χ2v) is 14.8. The molecule has 0 radical (unpaired) electrons. The van der Waals surface area contributed by atoms with Crippen LogP contribution in [0, 0.1) is 0 Å². The van der Waals surface area contributed by atoms with Crippen molar-refractivity contribution in [3.8, 4) is 22.6 Å². The first kappa shape index (κ1) is 44.6. The summed E-state index contributed by atoms with van der Waals surface area (Å²) in [5, 5.41) is 0. The standard InChI is InChI=1S/C49H62O8/c1-5-41-36-40(20-19-39-21-26-43(27-22-39)53-31-13-6-8-15-33-55-48(51)37(2)3)23-30-46(41)42-24-28-44(29-25-42)54-32-14-7-9-16-34-56-49(52)38(4)35-47(50)57-45-17-11-10-12-18-45/h19-30,36,45H,2,4-18,31-35H2,1,3H3/b20-19+. The fraction of sp³-hybridized carbons (Fsp3) is 0.449. The van der Waals surface area contributed by atoms with Gasteiger partial charge in [0.15, 0.2) is 0 Å². The summed E-state index contributed by atoms with van der Waals surface area (Å²) >= 11 is 0. The summed E-state index contributed by atoms with van der Waals surface area (Å²) in [7, 11) is 0. The maximum Gasteiger partial charge on any atom is 0.333 e. The fourth-order valence-electron chi connectivity index (χ4n) is 6.60. The smallest absolute Gasteiger partial charge is 0.333 e. The lowest BCUT2D eigenvalue weighted by molar-refractivity contribution is -0.151. The lowest BCUT2D eigenvalue weighted by atomic mass is 9.95. The van der Waals surface area contributed by atoms with Crippen molar-refractivity contribution in [2.45, 2.75) is 116 Å². The van der Waals surface area contributed by atoms with Crippen molar-refractivity contribution in [1.82, 2.24) is 0 Å². The zero-order chi connectivity index (χ0) is 40.7. The van der Waals surface area contributed by atoms with Gasteiger partial charge in [-0.3, -0.25) is 4.79 Å². The SMILES string of the molecule is C=C(C)C(=O)OCCCCCCOc1ccc(/C=C/c2ccc(-c3ccc(OCCCCCCOC(=O)C(=C)CC(=O)OC4CCCCC4)cc3)c(CC)c2)cc1. The van der Waals surface area contributed by atoms with E-state index in [1.165, 1.54) is 17.5 Å². The van der Waals surface area contributed by atoms with Crippen molar-refractivity contribution in [3.05, 3.63) is 108 Å². The second-order valence-electron chi connectivity index (χ2n) is 14.8. The molecule has 0 amide bonds. The molecule has 8 nitrogen and oxygen atoms in total. The average Bonchev–Trinajstić information content (AvgIpc) is 3.22. The quantitative estimate of drug-likeness (QED) is 0.0276. The van der Waals surface area contributed by atoms with Crippen molar-refractivity contribution in [2.24, 2.45) is 0 Å². The number of ether oxygens (including phenoxy) is 5. The highest BCUT2D eigenvalue weighted by atomic mass is 16.5. The second kappa shape index (κ2) is 25.2. The van der Waals surface area contributed by atoms with Crippen LogP contribution in [0.2, 0.25) is 0 Å². The summed E-state index contributed by atoms with van der Waals surface area (Å²) in [5.74, 6) is 0.465. The zero-order valence-corrected chi connectivity index (χ0v) is 34.2. The molecule has 0 aliphatic heterocycles. The van der Waals surface area contributed by atoms with Crippen LogP contribution in [-0.4, -0.2) is 50.4 Å². The monoisotopic (exact) mass is 778 g/mol. The number of carbonyl (C=O) groups excluding carboxylic acids is 3. The largest absolute Gasteiger partial charge is 0.494 e. The molecule has 0 atom stereocenters. The highest BCUT2D eigenvalue weighted by Crippen LogP contribution is 2.28. The Morgan fingerprint density at radius 2 is 1.18 bits per heavy atom. The van der Waals surface area contributed by atoms with Gasteiger partial charge in [0, 0.05) is 11.1 Å². The third kappa shape index (κ3) is 16.9. The molecule has 8 heteroatoms. The van der Waals surface area contributed by atoms with Crippen molar-refractivity contribution >= 4 is 30.1 Å². The Morgan fingerprint density at radius 3 is 1.75 bits per heavy atom. The number of rotatable bonds is 25. The molecule has 0 heterocycles. The van der Waals surface area contributed by atoms with E-state index in [-0.39, 0.29) is 24.1 Å². The van der Waals surface area contributed by atoms with Crippen molar-refractivity contribution in [1.29, 1.82) is 0 Å². The highest BCUT2D eigenvalue weighted by Gasteiger charge is 2.20. The van der Waals surface area contributed by atoms with Gasteiger partial charge in [-0.05, 0) is 142 Å². The third-order valence-corrected chi connectivity index (χ3v) is 9.95. The fourth-order valence-corrected chi connectivity index (χ4v) is 6.60. The van der Waals surface area contributed by atoms with Gasteiger partial charge in [0.1, 0.15) is 17.6 Å². The molecule has 1 aliphatic rings. The Morgan fingerprint density at radius 1 is 0.649 bits per heavy atom. The predicted molar refractivity (Wildman–Crippen MR) is 228 cm³/mol. The first-order chi connectivity index (χ1) is 27.7. The Bertz CT molecular complexity index is 1750. The van der Waals surface area contributed by atoms with Crippen LogP contribution in [0.15, 0.2) is 91.0 Å². The minimum Gasteiger partial charge on any atom is -0.494 e. The minimum atomic E-state index is -0.524. The van der Waals surface area contributed by atoms with Crippen LogP contribution in [-0.2, 0) is 35.0 Å². The minimum absolute atomic E-state index is 0.0299. The van der Waals surface area contributed by atoms with Crippen LogP contribution < -0.4 is 9.47 Å². The van der Waals surface area contributed by atoms with Crippen molar-refractivity contribution < 1.29 is 38.1 Å². The molecule has 3 aromatic carbocycles. The van der Waals surface area contributed by atoms with Crippen LogP contribution in [0.1, 0.15) is 120 Å². The first-order valence-electron chi connectivity index (χ1n) is 20.9. The van der Waals surface area contributed by atoms with E-state index >= 15 is 0 Å². The van der Waals surface area contributed by atoms with Gasteiger partial charge in [-0.25, -0.2) is 9.59 Å². The first-order valence-corrected chi connectivity index (χ1v) is 20.9. The molecule has 1 aliphatic carbocycles. The van der Waals surface area contributed by atoms with E-state index in [1.807, 2.05) is 24.3 Å². The van der Waals surface area contributed by atoms with E-state index < -0.39 is 11.9 Å². The van der Waals surface area contributed by atoms with Crippen molar-refractivity contribution in [2.75, 3.05) is 26.4 Å². The Labute approximate surface area is 340 Å². The number of aryl methyl sites for hydroxylation is 1. The van der Waals surface area contributed by atoms with Crippen LogP contribution in [0.3, 0.4) is 0 Å². The Kier molecular flexibility index (Phi) is 19.7. The normalized spacial score (nSPS) is 12.9. The number of benzene rings is 3. The van der Waals surface area contributed by atoms with Crippen LogP contribution in [0.5, 0.6) is 11.5 Å². The summed E-state index contributed by atoms with van der Waals surface area (Å²) < 4.78 is 27.8. The van der Waals surface area contributed by atoms with Gasteiger partial charge >= 0.3 is 17.9 Å². The summed E-state index contributed by atoms with van der Waals surface area (Å²) in [6, 6.07) is 23.0. The number of hydrogen-bond acceptors (Lipinski definition) is 8. The molecular formula is C49H62O8. The van der Waals surface area contributed by atoms with Crippen LogP contribution >= 0.6 is 0 Å². The summed E-state index contributed by atoms with van der Waals surface area (Å²) in [6.07, 6.45) is 17.5. The van der Waals surface area contributed by atoms with Crippen LogP contribution in [0.25, 0.3) is 23.3 Å². The van der Waals surface area contributed by atoms with Gasteiger partial charge in [0.05, 0.1) is 32.8 Å². The lowest BCUT2D eigenvalue weighted by Crippen LogP contribution is -2.22. The topological polar surface area (TPSA) is 97.4 Å². The van der Waals surface area contributed by atoms with E-state index in [9.17, 15) is 14.4 Å². The van der Waals surface area contributed by atoms with Gasteiger partial charge in [-0.1, -0.05) is 81.1 Å². The Hall–Kier alpha value is -5.11.